The molecule has 0 atom stereocenters. The molecular formula is C12H15ClFNO. The van der Waals surface area contributed by atoms with Gasteiger partial charge in [0.1, 0.15) is 5.82 Å². The van der Waals surface area contributed by atoms with Gasteiger partial charge in [-0.25, -0.2) is 4.39 Å². The van der Waals surface area contributed by atoms with Crippen molar-refractivity contribution in [3.63, 3.8) is 0 Å². The fourth-order valence-corrected chi connectivity index (χ4v) is 2.14. The van der Waals surface area contributed by atoms with Crippen LogP contribution in [-0.4, -0.2) is 17.3 Å². The van der Waals surface area contributed by atoms with E-state index < -0.39 is 0 Å². The van der Waals surface area contributed by atoms with Crippen molar-refractivity contribution in [1.29, 1.82) is 0 Å². The summed E-state index contributed by atoms with van der Waals surface area (Å²) in [6, 6.07) is 4.33. The lowest BCUT2D eigenvalue weighted by molar-refractivity contribution is 0.0872. The van der Waals surface area contributed by atoms with E-state index in [1.807, 2.05) is 0 Å². The molecule has 0 radical (unpaired) electrons. The fraction of sp³-hybridized carbons (Fsp3) is 0.500. The lowest BCUT2D eigenvalue weighted by Crippen LogP contribution is -2.53. The molecule has 0 amide bonds. The summed E-state index contributed by atoms with van der Waals surface area (Å²) < 4.78 is 13.0. The van der Waals surface area contributed by atoms with Crippen LogP contribution in [0.4, 0.5) is 4.39 Å². The Morgan fingerprint density at radius 2 is 2.19 bits per heavy atom. The molecule has 0 spiro atoms. The van der Waals surface area contributed by atoms with E-state index >= 15 is 0 Å². The highest BCUT2D eigenvalue weighted by Crippen LogP contribution is 2.31. The van der Waals surface area contributed by atoms with E-state index in [0.717, 1.165) is 24.8 Å². The van der Waals surface area contributed by atoms with Gasteiger partial charge in [0.25, 0.3) is 0 Å². The van der Waals surface area contributed by atoms with E-state index in [9.17, 15) is 9.50 Å². The largest absolute Gasteiger partial charge is 0.394 e. The Labute approximate surface area is 99.4 Å². The highest BCUT2D eigenvalue weighted by molar-refractivity contribution is 6.31. The van der Waals surface area contributed by atoms with Crippen molar-refractivity contribution in [2.24, 2.45) is 0 Å². The first-order valence-electron chi connectivity index (χ1n) is 5.45. The standard InChI is InChI=1S/C12H15ClFNO/c13-11-3-2-10(14)6-9(11)7-15-12(8-16)4-1-5-12/h2-3,6,15-16H,1,4-5,7-8H2. The zero-order valence-electron chi connectivity index (χ0n) is 8.97. The van der Waals surface area contributed by atoms with Crippen molar-refractivity contribution in [3.05, 3.63) is 34.6 Å². The molecular weight excluding hydrogens is 229 g/mol. The second-order valence-corrected chi connectivity index (χ2v) is 4.79. The summed E-state index contributed by atoms with van der Waals surface area (Å²) in [6.07, 6.45) is 3.07. The Morgan fingerprint density at radius 3 is 2.75 bits per heavy atom. The third-order valence-electron chi connectivity index (χ3n) is 3.27. The zero-order chi connectivity index (χ0) is 11.6. The summed E-state index contributed by atoms with van der Waals surface area (Å²) in [4.78, 5) is 0. The maximum absolute atomic E-state index is 13.0. The Hall–Kier alpha value is -0.640. The lowest BCUT2D eigenvalue weighted by Gasteiger charge is -2.41. The first-order valence-corrected chi connectivity index (χ1v) is 5.83. The van der Waals surface area contributed by atoms with Gasteiger partial charge in [0, 0.05) is 17.1 Å². The van der Waals surface area contributed by atoms with E-state index in [-0.39, 0.29) is 18.0 Å². The van der Waals surface area contributed by atoms with Crippen LogP contribution in [0.2, 0.25) is 5.02 Å². The van der Waals surface area contributed by atoms with Gasteiger partial charge in [-0.05, 0) is 43.0 Å². The maximum atomic E-state index is 13.0. The summed E-state index contributed by atoms with van der Waals surface area (Å²) in [5.41, 5.74) is 0.566. The molecule has 1 aliphatic rings. The van der Waals surface area contributed by atoms with E-state index in [0.29, 0.717) is 11.6 Å². The number of hydrogen-bond donors (Lipinski definition) is 2. The summed E-state index contributed by atoms with van der Waals surface area (Å²) in [5, 5.41) is 13.1. The highest BCUT2D eigenvalue weighted by atomic mass is 35.5. The Kier molecular flexibility index (Phi) is 3.47. The van der Waals surface area contributed by atoms with Crippen LogP contribution in [0.5, 0.6) is 0 Å². The smallest absolute Gasteiger partial charge is 0.123 e. The third-order valence-corrected chi connectivity index (χ3v) is 3.64. The summed E-state index contributed by atoms with van der Waals surface area (Å²) in [6.45, 7) is 0.622. The summed E-state index contributed by atoms with van der Waals surface area (Å²) >= 11 is 5.96. The predicted molar refractivity (Wildman–Crippen MR) is 61.9 cm³/mol. The van der Waals surface area contributed by atoms with Gasteiger partial charge in [0.15, 0.2) is 0 Å². The Morgan fingerprint density at radius 1 is 1.44 bits per heavy atom. The number of rotatable bonds is 4. The van der Waals surface area contributed by atoms with E-state index in [1.54, 1.807) is 6.07 Å². The molecule has 16 heavy (non-hydrogen) atoms. The molecule has 0 aromatic heterocycles. The topological polar surface area (TPSA) is 32.3 Å². The molecule has 2 nitrogen and oxygen atoms in total. The number of benzene rings is 1. The van der Waals surface area contributed by atoms with Crippen LogP contribution in [0, 0.1) is 5.82 Å². The van der Waals surface area contributed by atoms with E-state index in [4.69, 9.17) is 11.6 Å². The minimum absolute atomic E-state index is 0.125. The minimum Gasteiger partial charge on any atom is -0.394 e. The van der Waals surface area contributed by atoms with Gasteiger partial charge >= 0.3 is 0 Å². The van der Waals surface area contributed by atoms with Crippen molar-refractivity contribution in [2.75, 3.05) is 6.61 Å². The molecule has 4 heteroatoms. The average molecular weight is 244 g/mol. The number of aliphatic hydroxyl groups is 1. The van der Waals surface area contributed by atoms with Crippen LogP contribution in [0.15, 0.2) is 18.2 Å². The van der Waals surface area contributed by atoms with Gasteiger partial charge in [0.2, 0.25) is 0 Å². The molecule has 1 aromatic carbocycles. The van der Waals surface area contributed by atoms with Crippen LogP contribution in [0.3, 0.4) is 0 Å². The first kappa shape index (κ1) is 11.8. The molecule has 1 saturated carbocycles. The summed E-state index contributed by atoms with van der Waals surface area (Å²) in [5.74, 6) is -0.284. The van der Waals surface area contributed by atoms with Gasteiger partial charge in [-0.1, -0.05) is 11.6 Å². The van der Waals surface area contributed by atoms with Crippen molar-refractivity contribution < 1.29 is 9.50 Å². The molecule has 1 aromatic rings. The van der Waals surface area contributed by atoms with Crippen molar-refractivity contribution in [3.8, 4) is 0 Å². The number of aliphatic hydroxyl groups excluding tert-OH is 1. The minimum atomic E-state index is -0.284. The monoisotopic (exact) mass is 243 g/mol. The second kappa shape index (κ2) is 4.70. The normalized spacial score (nSPS) is 18.2. The van der Waals surface area contributed by atoms with Gasteiger partial charge < -0.3 is 10.4 Å². The van der Waals surface area contributed by atoms with Crippen molar-refractivity contribution in [1.82, 2.24) is 5.32 Å². The molecule has 0 heterocycles. The van der Waals surface area contributed by atoms with E-state index in [1.165, 1.54) is 12.1 Å². The van der Waals surface area contributed by atoms with Gasteiger partial charge in [-0.15, -0.1) is 0 Å². The quantitative estimate of drug-likeness (QED) is 0.852. The van der Waals surface area contributed by atoms with Gasteiger partial charge in [-0.3, -0.25) is 0 Å². The van der Waals surface area contributed by atoms with Crippen LogP contribution >= 0.6 is 11.6 Å². The molecule has 1 fully saturated rings. The molecule has 1 aliphatic carbocycles. The third kappa shape index (κ3) is 2.37. The van der Waals surface area contributed by atoms with Crippen LogP contribution < -0.4 is 5.32 Å². The molecule has 0 bridgehead atoms. The van der Waals surface area contributed by atoms with Crippen molar-refractivity contribution >= 4 is 11.6 Å². The Bertz CT molecular complexity index is 374. The van der Waals surface area contributed by atoms with Crippen LogP contribution in [-0.2, 0) is 6.54 Å². The molecule has 0 aliphatic heterocycles. The fourth-order valence-electron chi connectivity index (χ4n) is 1.96. The van der Waals surface area contributed by atoms with Crippen molar-refractivity contribution in [2.45, 2.75) is 31.3 Å². The van der Waals surface area contributed by atoms with E-state index in [2.05, 4.69) is 5.32 Å². The van der Waals surface area contributed by atoms with Crippen LogP contribution in [0.1, 0.15) is 24.8 Å². The number of halogens is 2. The summed E-state index contributed by atoms with van der Waals surface area (Å²) in [7, 11) is 0. The van der Waals surface area contributed by atoms with Crippen LogP contribution in [0.25, 0.3) is 0 Å². The molecule has 2 rings (SSSR count). The maximum Gasteiger partial charge on any atom is 0.123 e. The molecule has 2 N–H and O–H groups in total. The average Bonchev–Trinajstić information content (AvgIpc) is 2.22. The zero-order valence-corrected chi connectivity index (χ0v) is 9.73. The predicted octanol–water partition coefficient (Wildman–Crippen LogP) is 2.48. The van der Waals surface area contributed by atoms with Gasteiger partial charge in [-0.2, -0.15) is 0 Å². The SMILES string of the molecule is OCC1(NCc2cc(F)ccc2Cl)CCC1. The highest BCUT2D eigenvalue weighted by Gasteiger charge is 2.35. The Balaban J connectivity index is 2.01. The molecule has 88 valence electrons. The second-order valence-electron chi connectivity index (χ2n) is 4.38. The van der Waals surface area contributed by atoms with Gasteiger partial charge in [0.05, 0.1) is 6.61 Å². The molecule has 0 unspecified atom stereocenters. The number of nitrogens with one attached hydrogen (secondary N) is 1. The number of hydrogen-bond acceptors (Lipinski definition) is 2. The first-order chi connectivity index (χ1) is 7.65. The molecule has 0 saturated heterocycles. The lowest BCUT2D eigenvalue weighted by atomic mass is 9.77.